The molecule has 1 fully saturated rings. The number of likely N-dealkylation sites (tertiary alicyclic amines) is 1. The first kappa shape index (κ1) is 13.6. The summed E-state index contributed by atoms with van der Waals surface area (Å²) in [7, 11) is 0. The fourth-order valence-electron chi connectivity index (χ4n) is 2.58. The zero-order valence-electron chi connectivity index (χ0n) is 11.3. The third-order valence-corrected chi connectivity index (χ3v) is 3.70. The van der Waals surface area contributed by atoms with E-state index in [9.17, 15) is 9.59 Å². The topological polar surface area (TPSA) is 57.6 Å². The molecule has 0 aliphatic carbocycles. The van der Waals surface area contributed by atoms with E-state index in [1.54, 1.807) is 0 Å². The number of benzene rings is 1. The Bertz CT molecular complexity index is 510. The quantitative estimate of drug-likeness (QED) is 0.904. The number of hydrogen-bond donors (Lipinski definition) is 1. The van der Waals surface area contributed by atoms with Crippen LogP contribution in [-0.4, -0.2) is 34.5 Å². The van der Waals surface area contributed by atoms with Gasteiger partial charge in [-0.15, -0.1) is 0 Å². The fraction of sp³-hybridized carbons (Fsp3) is 0.467. The van der Waals surface area contributed by atoms with Gasteiger partial charge in [0.1, 0.15) is 6.04 Å². The van der Waals surface area contributed by atoms with Gasteiger partial charge in [-0.05, 0) is 37.8 Å². The number of hydrogen-bond acceptors (Lipinski definition) is 2. The first-order valence-corrected chi connectivity index (χ1v) is 6.57. The summed E-state index contributed by atoms with van der Waals surface area (Å²) in [6.07, 6.45) is 1.63. The van der Waals surface area contributed by atoms with E-state index in [1.165, 1.54) is 4.90 Å². The van der Waals surface area contributed by atoms with Gasteiger partial charge in [0, 0.05) is 6.54 Å². The van der Waals surface area contributed by atoms with Crippen molar-refractivity contribution in [2.75, 3.05) is 6.54 Å². The monoisotopic (exact) mass is 261 g/mol. The Labute approximate surface area is 113 Å². The van der Waals surface area contributed by atoms with E-state index in [0.29, 0.717) is 13.0 Å². The molecule has 102 valence electrons. The number of carbonyl (C=O) groups is 2. The van der Waals surface area contributed by atoms with Crippen molar-refractivity contribution in [2.45, 2.75) is 39.2 Å². The SMILES string of the molecule is Cc1ccc(C)c(CC(=O)N2CCCC2C(=O)O)c1. The molecule has 19 heavy (non-hydrogen) atoms. The van der Waals surface area contributed by atoms with E-state index < -0.39 is 12.0 Å². The third-order valence-electron chi connectivity index (χ3n) is 3.70. The molecule has 1 aromatic carbocycles. The Morgan fingerprint density at radius 2 is 2.11 bits per heavy atom. The highest BCUT2D eigenvalue weighted by Gasteiger charge is 2.33. The molecule has 1 N–H and O–H groups in total. The van der Waals surface area contributed by atoms with E-state index in [2.05, 4.69) is 0 Å². The maximum atomic E-state index is 12.3. The highest BCUT2D eigenvalue weighted by atomic mass is 16.4. The molecule has 1 aliphatic heterocycles. The lowest BCUT2D eigenvalue weighted by Gasteiger charge is -2.22. The Balaban J connectivity index is 2.12. The Morgan fingerprint density at radius 1 is 1.37 bits per heavy atom. The minimum absolute atomic E-state index is 0.0846. The van der Waals surface area contributed by atoms with E-state index in [-0.39, 0.29) is 12.3 Å². The van der Waals surface area contributed by atoms with Crippen molar-refractivity contribution < 1.29 is 14.7 Å². The lowest BCUT2D eigenvalue weighted by atomic mass is 10.0. The predicted molar refractivity (Wildman–Crippen MR) is 72.0 cm³/mol. The van der Waals surface area contributed by atoms with E-state index in [1.807, 2.05) is 32.0 Å². The normalized spacial score (nSPS) is 18.6. The van der Waals surface area contributed by atoms with Crippen molar-refractivity contribution in [3.05, 3.63) is 34.9 Å². The van der Waals surface area contributed by atoms with Crippen LogP contribution in [0.4, 0.5) is 0 Å². The number of rotatable bonds is 3. The van der Waals surface area contributed by atoms with Gasteiger partial charge in [-0.3, -0.25) is 4.79 Å². The highest BCUT2D eigenvalue weighted by molar-refractivity contribution is 5.85. The molecular formula is C15H19NO3. The van der Waals surface area contributed by atoms with Crippen LogP contribution in [0.2, 0.25) is 0 Å². The Kier molecular flexibility index (Phi) is 3.88. The van der Waals surface area contributed by atoms with Crippen LogP contribution in [0.15, 0.2) is 18.2 Å². The molecule has 0 aromatic heterocycles. The summed E-state index contributed by atoms with van der Waals surface area (Å²) in [5.74, 6) is -0.981. The number of carbonyl (C=O) groups excluding carboxylic acids is 1. The molecule has 0 bridgehead atoms. The molecule has 2 rings (SSSR count). The van der Waals surface area contributed by atoms with Crippen LogP contribution in [-0.2, 0) is 16.0 Å². The summed E-state index contributed by atoms with van der Waals surface area (Å²) in [6.45, 7) is 4.52. The molecular weight excluding hydrogens is 242 g/mol. The number of nitrogens with zero attached hydrogens (tertiary/aromatic N) is 1. The second kappa shape index (κ2) is 5.43. The molecule has 1 atom stereocenters. The molecule has 4 nitrogen and oxygen atoms in total. The summed E-state index contributed by atoms with van der Waals surface area (Å²) in [5.41, 5.74) is 3.18. The molecule has 1 unspecified atom stereocenters. The number of amides is 1. The molecule has 0 spiro atoms. The van der Waals surface area contributed by atoms with E-state index in [0.717, 1.165) is 23.1 Å². The number of carboxylic acids is 1. The van der Waals surface area contributed by atoms with Gasteiger partial charge in [-0.25, -0.2) is 4.79 Å². The average molecular weight is 261 g/mol. The summed E-state index contributed by atoms with van der Waals surface area (Å²) >= 11 is 0. The fourth-order valence-corrected chi connectivity index (χ4v) is 2.58. The van der Waals surface area contributed by atoms with Crippen molar-refractivity contribution in [2.24, 2.45) is 0 Å². The number of carboxylic acid groups (broad SMARTS) is 1. The van der Waals surface area contributed by atoms with Crippen LogP contribution in [0.25, 0.3) is 0 Å². The van der Waals surface area contributed by atoms with Gasteiger partial charge in [0.15, 0.2) is 0 Å². The van der Waals surface area contributed by atoms with Crippen molar-refractivity contribution in [1.29, 1.82) is 0 Å². The summed E-state index contributed by atoms with van der Waals surface area (Å²) in [6, 6.07) is 5.37. The molecule has 1 aliphatic rings. The minimum atomic E-state index is -0.896. The molecule has 1 heterocycles. The van der Waals surface area contributed by atoms with Gasteiger partial charge in [-0.2, -0.15) is 0 Å². The van der Waals surface area contributed by atoms with Crippen LogP contribution in [0.5, 0.6) is 0 Å². The predicted octanol–water partition coefficient (Wildman–Crippen LogP) is 1.92. The van der Waals surface area contributed by atoms with Crippen LogP contribution in [0.3, 0.4) is 0 Å². The third kappa shape index (κ3) is 2.95. The molecule has 1 amide bonds. The number of aliphatic carboxylic acids is 1. The van der Waals surface area contributed by atoms with Crippen LogP contribution < -0.4 is 0 Å². The van der Waals surface area contributed by atoms with Gasteiger partial charge in [0.2, 0.25) is 5.91 Å². The van der Waals surface area contributed by atoms with Crippen LogP contribution >= 0.6 is 0 Å². The lowest BCUT2D eigenvalue weighted by Crippen LogP contribution is -2.41. The second-order valence-corrected chi connectivity index (χ2v) is 5.19. The largest absolute Gasteiger partial charge is 0.480 e. The molecule has 0 radical (unpaired) electrons. The van der Waals surface area contributed by atoms with Crippen LogP contribution in [0.1, 0.15) is 29.5 Å². The minimum Gasteiger partial charge on any atom is -0.480 e. The van der Waals surface area contributed by atoms with Crippen LogP contribution in [0, 0.1) is 13.8 Å². The van der Waals surface area contributed by atoms with E-state index in [4.69, 9.17) is 5.11 Å². The molecule has 1 saturated heterocycles. The summed E-state index contributed by atoms with van der Waals surface area (Å²) in [5, 5.41) is 9.10. The Morgan fingerprint density at radius 3 is 2.79 bits per heavy atom. The van der Waals surface area contributed by atoms with Crippen molar-refractivity contribution >= 4 is 11.9 Å². The maximum absolute atomic E-state index is 12.3. The molecule has 4 heteroatoms. The van der Waals surface area contributed by atoms with Gasteiger partial charge in [-0.1, -0.05) is 23.8 Å². The number of aryl methyl sites for hydroxylation is 2. The van der Waals surface area contributed by atoms with Gasteiger partial charge in [0.05, 0.1) is 6.42 Å². The lowest BCUT2D eigenvalue weighted by molar-refractivity contribution is -0.148. The highest BCUT2D eigenvalue weighted by Crippen LogP contribution is 2.20. The zero-order valence-corrected chi connectivity index (χ0v) is 11.3. The van der Waals surface area contributed by atoms with Gasteiger partial charge in [0.25, 0.3) is 0 Å². The van der Waals surface area contributed by atoms with Crippen molar-refractivity contribution in [3.8, 4) is 0 Å². The Hall–Kier alpha value is -1.84. The first-order valence-electron chi connectivity index (χ1n) is 6.57. The summed E-state index contributed by atoms with van der Waals surface area (Å²) < 4.78 is 0. The standard InChI is InChI=1S/C15H19NO3/c1-10-5-6-11(2)12(8-10)9-14(17)16-7-3-4-13(16)15(18)19/h5-6,8,13H,3-4,7,9H2,1-2H3,(H,18,19). The van der Waals surface area contributed by atoms with Crippen molar-refractivity contribution in [3.63, 3.8) is 0 Å². The molecule has 0 saturated carbocycles. The maximum Gasteiger partial charge on any atom is 0.326 e. The second-order valence-electron chi connectivity index (χ2n) is 5.19. The van der Waals surface area contributed by atoms with E-state index >= 15 is 0 Å². The smallest absolute Gasteiger partial charge is 0.326 e. The summed E-state index contributed by atoms with van der Waals surface area (Å²) in [4.78, 5) is 24.9. The first-order chi connectivity index (χ1) is 8.99. The van der Waals surface area contributed by atoms with Gasteiger partial charge < -0.3 is 10.0 Å². The molecule has 1 aromatic rings. The average Bonchev–Trinajstić information content (AvgIpc) is 2.83. The van der Waals surface area contributed by atoms with Gasteiger partial charge >= 0.3 is 5.97 Å². The van der Waals surface area contributed by atoms with Crippen molar-refractivity contribution in [1.82, 2.24) is 4.90 Å². The zero-order chi connectivity index (χ0) is 14.0.